The predicted molar refractivity (Wildman–Crippen MR) is 86.8 cm³/mol. The molecule has 2 aromatic rings. The van der Waals surface area contributed by atoms with Crippen LogP contribution in [0.5, 0.6) is 0 Å². The minimum absolute atomic E-state index is 0.0717. The fourth-order valence-corrected chi connectivity index (χ4v) is 3.33. The zero-order valence-corrected chi connectivity index (χ0v) is 14.4. The van der Waals surface area contributed by atoms with Crippen LogP contribution in [-0.2, 0) is 21.4 Å². The van der Waals surface area contributed by atoms with Crippen LogP contribution in [0.2, 0.25) is 10.0 Å². The SMILES string of the molecule is C[C@H](NS(=O)(=O)c1ccc(Cl)c(Cl)c1)C(=O)NCc1ccco1. The second kappa shape index (κ2) is 7.35. The number of sulfonamides is 1. The first-order valence-electron chi connectivity index (χ1n) is 6.57. The number of furan rings is 1. The number of hydrogen-bond acceptors (Lipinski definition) is 4. The molecule has 1 aromatic carbocycles. The highest BCUT2D eigenvalue weighted by atomic mass is 35.5. The van der Waals surface area contributed by atoms with Gasteiger partial charge in [0.25, 0.3) is 0 Å². The summed E-state index contributed by atoms with van der Waals surface area (Å²) in [7, 11) is -3.89. The van der Waals surface area contributed by atoms with Crippen LogP contribution in [0.15, 0.2) is 45.9 Å². The van der Waals surface area contributed by atoms with E-state index in [0.29, 0.717) is 5.76 Å². The highest BCUT2D eigenvalue weighted by molar-refractivity contribution is 7.89. The summed E-state index contributed by atoms with van der Waals surface area (Å²) in [4.78, 5) is 11.9. The number of carbonyl (C=O) groups excluding carboxylic acids is 1. The van der Waals surface area contributed by atoms with Gasteiger partial charge in [0, 0.05) is 0 Å². The number of carbonyl (C=O) groups is 1. The Hall–Kier alpha value is -1.54. The third-order valence-corrected chi connectivity index (χ3v) is 5.22. The summed E-state index contributed by atoms with van der Waals surface area (Å²) in [5.74, 6) is 0.0860. The van der Waals surface area contributed by atoms with Crippen LogP contribution in [0, 0.1) is 0 Å². The zero-order valence-electron chi connectivity index (χ0n) is 12.0. The Labute approximate surface area is 143 Å². The molecule has 0 radical (unpaired) electrons. The largest absolute Gasteiger partial charge is 0.467 e. The van der Waals surface area contributed by atoms with Gasteiger partial charge in [-0.2, -0.15) is 4.72 Å². The van der Waals surface area contributed by atoms with Crippen LogP contribution in [-0.4, -0.2) is 20.4 Å². The lowest BCUT2D eigenvalue weighted by Gasteiger charge is -2.14. The van der Waals surface area contributed by atoms with Crippen molar-refractivity contribution in [1.82, 2.24) is 10.0 Å². The Morgan fingerprint density at radius 2 is 2.00 bits per heavy atom. The molecule has 6 nitrogen and oxygen atoms in total. The molecule has 0 unspecified atom stereocenters. The number of halogens is 2. The summed E-state index contributed by atoms with van der Waals surface area (Å²) in [6.45, 7) is 1.61. The fourth-order valence-electron chi connectivity index (χ4n) is 1.74. The molecule has 1 aromatic heterocycles. The highest BCUT2D eigenvalue weighted by Gasteiger charge is 2.22. The second-order valence-corrected chi connectivity index (χ2v) is 7.24. The number of nitrogens with one attached hydrogen (secondary N) is 2. The molecule has 0 aliphatic carbocycles. The maximum atomic E-state index is 12.2. The monoisotopic (exact) mass is 376 g/mol. The molecule has 2 N–H and O–H groups in total. The van der Waals surface area contributed by atoms with Gasteiger partial charge in [0.2, 0.25) is 15.9 Å². The summed E-state index contributed by atoms with van der Waals surface area (Å²) in [5.41, 5.74) is 0. The summed E-state index contributed by atoms with van der Waals surface area (Å²) >= 11 is 11.6. The molecule has 0 bridgehead atoms. The van der Waals surface area contributed by atoms with E-state index in [9.17, 15) is 13.2 Å². The van der Waals surface area contributed by atoms with E-state index in [4.69, 9.17) is 27.6 Å². The minimum Gasteiger partial charge on any atom is -0.467 e. The van der Waals surface area contributed by atoms with E-state index in [1.165, 1.54) is 31.4 Å². The summed E-state index contributed by atoms with van der Waals surface area (Å²) in [5, 5.41) is 2.93. The molecule has 1 amide bonds. The van der Waals surface area contributed by atoms with Crippen LogP contribution >= 0.6 is 23.2 Å². The zero-order chi connectivity index (χ0) is 17.0. The third-order valence-electron chi connectivity index (χ3n) is 2.94. The van der Waals surface area contributed by atoms with E-state index >= 15 is 0 Å². The lowest BCUT2D eigenvalue weighted by atomic mass is 10.3. The van der Waals surface area contributed by atoms with Crippen molar-refractivity contribution in [2.75, 3.05) is 0 Å². The summed E-state index contributed by atoms with van der Waals surface area (Å²) in [6, 6.07) is 6.33. The molecule has 0 saturated heterocycles. The average molecular weight is 377 g/mol. The Balaban J connectivity index is 2.01. The van der Waals surface area contributed by atoms with E-state index in [2.05, 4.69) is 10.0 Å². The number of hydrogen-bond donors (Lipinski definition) is 2. The van der Waals surface area contributed by atoms with Gasteiger partial charge in [-0.15, -0.1) is 0 Å². The standard InChI is InChI=1S/C14H14Cl2N2O4S/c1-9(14(19)17-8-10-3-2-6-22-10)18-23(20,21)11-4-5-12(15)13(16)7-11/h2-7,9,18H,8H2,1H3,(H,17,19)/t9-/m0/s1. The maximum Gasteiger partial charge on any atom is 0.241 e. The van der Waals surface area contributed by atoms with Crippen molar-refractivity contribution in [3.05, 3.63) is 52.4 Å². The summed E-state index contributed by atoms with van der Waals surface area (Å²) < 4.78 is 31.8. The molecule has 0 saturated carbocycles. The third kappa shape index (κ3) is 4.71. The fraction of sp³-hybridized carbons (Fsp3) is 0.214. The van der Waals surface area contributed by atoms with Crippen molar-refractivity contribution in [1.29, 1.82) is 0 Å². The Bertz CT molecular complexity index is 791. The maximum absolute atomic E-state index is 12.2. The van der Waals surface area contributed by atoms with Crippen LogP contribution in [0.25, 0.3) is 0 Å². The molecule has 124 valence electrons. The average Bonchev–Trinajstić information content (AvgIpc) is 3.00. The molecule has 0 aliphatic heterocycles. The molecule has 0 fully saturated rings. The molecule has 2 rings (SSSR count). The van der Waals surface area contributed by atoms with Crippen molar-refractivity contribution in [3.8, 4) is 0 Å². The van der Waals surface area contributed by atoms with Gasteiger partial charge in [-0.3, -0.25) is 4.79 Å². The first-order chi connectivity index (χ1) is 10.8. The van der Waals surface area contributed by atoms with Gasteiger partial charge in [0.15, 0.2) is 0 Å². The van der Waals surface area contributed by atoms with E-state index in [-0.39, 0.29) is 21.5 Å². The first-order valence-corrected chi connectivity index (χ1v) is 8.81. The molecule has 0 aliphatic rings. The molecule has 1 atom stereocenters. The molecule has 0 spiro atoms. The Morgan fingerprint density at radius 3 is 2.61 bits per heavy atom. The van der Waals surface area contributed by atoms with E-state index in [1.54, 1.807) is 12.1 Å². The van der Waals surface area contributed by atoms with Crippen molar-refractivity contribution >= 4 is 39.1 Å². The van der Waals surface area contributed by atoms with Crippen LogP contribution in [0.4, 0.5) is 0 Å². The van der Waals surface area contributed by atoms with Crippen molar-refractivity contribution in [3.63, 3.8) is 0 Å². The van der Waals surface area contributed by atoms with E-state index in [1.807, 2.05) is 0 Å². The van der Waals surface area contributed by atoms with Gasteiger partial charge < -0.3 is 9.73 Å². The minimum atomic E-state index is -3.89. The van der Waals surface area contributed by atoms with Crippen LogP contribution < -0.4 is 10.0 Å². The lowest BCUT2D eigenvalue weighted by molar-refractivity contribution is -0.122. The van der Waals surface area contributed by atoms with Gasteiger partial charge in [-0.25, -0.2) is 8.42 Å². The van der Waals surface area contributed by atoms with Crippen LogP contribution in [0.3, 0.4) is 0 Å². The normalized spacial score (nSPS) is 12.8. The van der Waals surface area contributed by atoms with Crippen molar-refractivity contribution in [2.24, 2.45) is 0 Å². The van der Waals surface area contributed by atoms with Gasteiger partial charge >= 0.3 is 0 Å². The van der Waals surface area contributed by atoms with Crippen molar-refractivity contribution in [2.45, 2.75) is 24.4 Å². The first kappa shape index (κ1) is 17.8. The second-order valence-electron chi connectivity index (χ2n) is 4.72. The van der Waals surface area contributed by atoms with E-state index in [0.717, 1.165) is 0 Å². The van der Waals surface area contributed by atoms with Gasteiger partial charge in [0.1, 0.15) is 5.76 Å². The molecular formula is C14H14Cl2N2O4S. The topological polar surface area (TPSA) is 88.4 Å². The van der Waals surface area contributed by atoms with E-state index < -0.39 is 22.0 Å². The van der Waals surface area contributed by atoms with Gasteiger partial charge in [0.05, 0.1) is 33.8 Å². The molecule has 9 heteroatoms. The Kier molecular flexibility index (Phi) is 5.69. The molecule has 1 heterocycles. The molecular weight excluding hydrogens is 363 g/mol. The quantitative estimate of drug-likeness (QED) is 0.810. The lowest BCUT2D eigenvalue weighted by Crippen LogP contribution is -2.44. The highest BCUT2D eigenvalue weighted by Crippen LogP contribution is 2.24. The molecule has 23 heavy (non-hydrogen) atoms. The summed E-state index contributed by atoms with van der Waals surface area (Å²) in [6.07, 6.45) is 1.48. The van der Waals surface area contributed by atoms with Crippen LogP contribution in [0.1, 0.15) is 12.7 Å². The smallest absolute Gasteiger partial charge is 0.241 e. The predicted octanol–water partition coefficient (Wildman–Crippen LogP) is 2.57. The number of benzene rings is 1. The number of rotatable bonds is 6. The van der Waals surface area contributed by atoms with Gasteiger partial charge in [-0.05, 0) is 37.3 Å². The number of amides is 1. The van der Waals surface area contributed by atoms with Gasteiger partial charge in [-0.1, -0.05) is 23.2 Å². The Morgan fingerprint density at radius 1 is 1.26 bits per heavy atom. The van der Waals surface area contributed by atoms with Crippen molar-refractivity contribution < 1.29 is 17.6 Å².